The Balaban J connectivity index is 1.61. The number of rotatable bonds is 3. The van der Waals surface area contributed by atoms with E-state index in [4.69, 9.17) is 16.3 Å². The smallest absolute Gasteiger partial charge is 0.0686 e. The number of hydrogen-bond donors (Lipinski definition) is 1. The normalized spacial score (nSPS) is 26.7. The largest absolute Gasteiger partial charge is 0.392 e. The van der Waals surface area contributed by atoms with Gasteiger partial charge < -0.3 is 9.84 Å². The summed E-state index contributed by atoms with van der Waals surface area (Å²) < 4.78 is 6.12. The monoisotopic (exact) mass is 308 g/mol. The molecule has 3 heteroatoms. The van der Waals surface area contributed by atoms with Crippen LogP contribution >= 0.6 is 11.6 Å². The first-order valence-corrected chi connectivity index (χ1v) is 8.61. The Morgan fingerprint density at radius 1 is 1.19 bits per heavy atom. The summed E-state index contributed by atoms with van der Waals surface area (Å²) in [4.78, 5) is 0. The molecule has 0 radical (unpaired) electrons. The van der Waals surface area contributed by atoms with Gasteiger partial charge in [-0.15, -0.1) is 0 Å². The number of ether oxygens (including phenoxy) is 1. The SMILES string of the molecule is OC(Cc1ccc(Cl)cc1)C1CCOC2(CCCCC2)C1. The Morgan fingerprint density at radius 3 is 2.62 bits per heavy atom. The molecule has 1 aromatic rings. The van der Waals surface area contributed by atoms with E-state index in [-0.39, 0.29) is 11.7 Å². The first kappa shape index (κ1) is 15.3. The number of aliphatic hydroxyl groups is 1. The lowest BCUT2D eigenvalue weighted by Crippen LogP contribution is -2.44. The van der Waals surface area contributed by atoms with E-state index < -0.39 is 0 Å². The molecule has 0 aromatic heterocycles. The minimum Gasteiger partial charge on any atom is -0.392 e. The van der Waals surface area contributed by atoms with Gasteiger partial charge in [0.25, 0.3) is 0 Å². The zero-order valence-corrected chi connectivity index (χ0v) is 13.3. The molecule has 2 atom stereocenters. The van der Waals surface area contributed by atoms with E-state index in [2.05, 4.69) is 0 Å². The van der Waals surface area contributed by atoms with E-state index in [1.54, 1.807) is 0 Å². The fourth-order valence-corrected chi connectivity index (χ4v) is 4.09. The van der Waals surface area contributed by atoms with Crippen molar-refractivity contribution >= 4 is 11.6 Å². The molecule has 116 valence electrons. The Kier molecular flexibility index (Phi) is 4.88. The van der Waals surface area contributed by atoms with E-state index in [1.165, 1.54) is 32.1 Å². The van der Waals surface area contributed by atoms with Crippen LogP contribution < -0.4 is 0 Å². The predicted octanol–water partition coefficient (Wildman–Crippen LogP) is 4.37. The average Bonchev–Trinajstić information content (AvgIpc) is 2.50. The second-order valence-corrected chi connectivity index (χ2v) is 7.18. The molecular weight excluding hydrogens is 284 g/mol. The highest BCUT2D eigenvalue weighted by atomic mass is 35.5. The number of aliphatic hydroxyl groups excluding tert-OH is 1. The molecule has 1 heterocycles. The van der Waals surface area contributed by atoms with Gasteiger partial charge in [0.2, 0.25) is 0 Å². The maximum absolute atomic E-state index is 10.6. The Hall–Kier alpha value is -0.570. The lowest BCUT2D eigenvalue weighted by atomic mass is 9.74. The van der Waals surface area contributed by atoms with Gasteiger partial charge in [-0.1, -0.05) is 43.0 Å². The lowest BCUT2D eigenvalue weighted by Gasteiger charge is -2.44. The van der Waals surface area contributed by atoms with Crippen molar-refractivity contribution in [3.63, 3.8) is 0 Å². The van der Waals surface area contributed by atoms with E-state index in [9.17, 15) is 5.11 Å². The van der Waals surface area contributed by atoms with Crippen molar-refractivity contribution in [3.8, 4) is 0 Å². The maximum Gasteiger partial charge on any atom is 0.0686 e. The summed E-state index contributed by atoms with van der Waals surface area (Å²) in [7, 11) is 0. The second-order valence-electron chi connectivity index (χ2n) is 6.74. The van der Waals surface area contributed by atoms with Crippen molar-refractivity contribution in [1.29, 1.82) is 0 Å². The third-order valence-corrected chi connectivity index (χ3v) is 5.45. The molecule has 1 aliphatic carbocycles. The Morgan fingerprint density at radius 2 is 1.90 bits per heavy atom. The van der Waals surface area contributed by atoms with Crippen molar-refractivity contribution in [3.05, 3.63) is 34.9 Å². The van der Waals surface area contributed by atoms with E-state index in [0.717, 1.165) is 36.5 Å². The molecule has 2 fully saturated rings. The van der Waals surface area contributed by atoms with Crippen LogP contribution in [-0.4, -0.2) is 23.4 Å². The Labute approximate surface area is 132 Å². The standard InChI is InChI=1S/C18H25ClO2/c19-16-6-4-14(5-7-16)12-17(20)15-8-11-21-18(13-15)9-2-1-3-10-18/h4-7,15,17,20H,1-3,8-13H2. The highest BCUT2D eigenvalue weighted by Gasteiger charge is 2.40. The molecule has 1 aliphatic heterocycles. The van der Waals surface area contributed by atoms with Crippen molar-refractivity contribution in [2.24, 2.45) is 5.92 Å². The molecule has 1 aromatic carbocycles. The molecule has 1 saturated carbocycles. The van der Waals surface area contributed by atoms with Crippen LogP contribution in [0.4, 0.5) is 0 Å². The third kappa shape index (κ3) is 3.80. The molecule has 2 nitrogen and oxygen atoms in total. The van der Waals surface area contributed by atoms with Crippen LogP contribution in [0.5, 0.6) is 0 Å². The van der Waals surface area contributed by atoms with Crippen molar-refractivity contribution < 1.29 is 9.84 Å². The van der Waals surface area contributed by atoms with Crippen LogP contribution in [0.1, 0.15) is 50.5 Å². The maximum atomic E-state index is 10.6. The minimum atomic E-state index is -0.270. The highest BCUT2D eigenvalue weighted by Crippen LogP contribution is 2.41. The highest BCUT2D eigenvalue weighted by molar-refractivity contribution is 6.30. The van der Waals surface area contributed by atoms with E-state index in [0.29, 0.717) is 5.92 Å². The van der Waals surface area contributed by atoms with Crippen LogP contribution in [0.2, 0.25) is 5.02 Å². The van der Waals surface area contributed by atoms with Crippen LogP contribution in [0, 0.1) is 5.92 Å². The van der Waals surface area contributed by atoms with Crippen molar-refractivity contribution in [1.82, 2.24) is 0 Å². The fourth-order valence-electron chi connectivity index (χ4n) is 3.97. The fraction of sp³-hybridized carbons (Fsp3) is 0.667. The molecular formula is C18H25ClO2. The van der Waals surface area contributed by atoms with Gasteiger partial charge in [0, 0.05) is 11.6 Å². The molecule has 2 aliphatic rings. The quantitative estimate of drug-likeness (QED) is 0.898. The summed E-state index contributed by atoms with van der Waals surface area (Å²) in [5.41, 5.74) is 1.23. The molecule has 1 spiro atoms. The van der Waals surface area contributed by atoms with Crippen molar-refractivity contribution in [2.45, 2.75) is 63.1 Å². The van der Waals surface area contributed by atoms with Crippen molar-refractivity contribution in [2.75, 3.05) is 6.61 Å². The molecule has 0 amide bonds. The zero-order chi connectivity index (χ0) is 14.7. The summed E-state index contributed by atoms with van der Waals surface area (Å²) in [6, 6.07) is 7.83. The van der Waals surface area contributed by atoms with Gasteiger partial charge >= 0.3 is 0 Å². The minimum absolute atomic E-state index is 0.0716. The molecule has 3 rings (SSSR count). The third-order valence-electron chi connectivity index (χ3n) is 5.20. The van der Waals surface area contributed by atoms with Gasteiger partial charge in [0.05, 0.1) is 11.7 Å². The Bertz CT molecular complexity index is 445. The van der Waals surface area contributed by atoms with Gasteiger partial charge in [-0.3, -0.25) is 0 Å². The van der Waals surface area contributed by atoms with E-state index >= 15 is 0 Å². The van der Waals surface area contributed by atoms with Gasteiger partial charge in [-0.2, -0.15) is 0 Å². The van der Waals surface area contributed by atoms with E-state index in [1.807, 2.05) is 24.3 Å². The predicted molar refractivity (Wildman–Crippen MR) is 85.7 cm³/mol. The average molecular weight is 309 g/mol. The molecule has 1 saturated heterocycles. The molecule has 21 heavy (non-hydrogen) atoms. The number of hydrogen-bond acceptors (Lipinski definition) is 2. The van der Waals surface area contributed by atoms with Crippen LogP contribution in [-0.2, 0) is 11.2 Å². The van der Waals surface area contributed by atoms with Crippen LogP contribution in [0.15, 0.2) is 24.3 Å². The summed E-state index contributed by atoms with van der Waals surface area (Å²) in [6.45, 7) is 0.808. The first-order valence-electron chi connectivity index (χ1n) is 8.23. The van der Waals surface area contributed by atoms with Gasteiger partial charge in [0.15, 0.2) is 0 Å². The van der Waals surface area contributed by atoms with Gasteiger partial charge in [-0.25, -0.2) is 0 Å². The zero-order valence-electron chi connectivity index (χ0n) is 12.6. The number of benzene rings is 1. The summed E-state index contributed by atoms with van der Waals surface area (Å²) >= 11 is 5.92. The van der Waals surface area contributed by atoms with Gasteiger partial charge in [-0.05, 0) is 55.7 Å². The van der Waals surface area contributed by atoms with Crippen LogP contribution in [0.3, 0.4) is 0 Å². The van der Waals surface area contributed by atoms with Gasteiger partial charge in [0.1, 0.15) is 0 Å². The van der Waals surface area contributed by atoms with Crippen LogP contribution in [0.25, 0.3) is 0 Å². The summed E-state index contributed by atoms with van der Waals surface area (Å²) in [5, 5.41) is 11.4. The lowest BCUT2D eigenvalue weighted by molar-refractivity contribution is -0.133. The second kappa shape index (κ2) is 6.68. The molecule has 1 N–H and O–H groups in total. The number of halogens is 1. The summed E-state index contributed by atoms with van der Waals surface area (Å²) in [6.07, 6.45) is 8.71. The molecule has 2 unspecified atom stereocenters. The topological polar surface area (TPSA) is 29.5 Å². The summed E-state index contributed by atoms with van der Waals surface area (Å²) in [5.74, 6) is 0.368. The molecule has 0 bridgehead atoms. The first-order chi connectivity index (χ1) is 10.2.